The topological polar surface area (TPSA) is 62.3 Å². The van der Waals surface area contributed by atoms with E-state index in [2.05, 4.69) is 4.98 Å². The monoisotopic (exact) mass is 231 g/mol. The summed E-state index contributed by atoms with van der Waals surface area (Å²) in [5.41, 5.74) is 2.14. The van der Waals surface area contributed by atoms with Crippen molar-refractivity contribution >= 4 is 16.9 Å². The van der Waals surface area contributed by atoms with E-state index < -0.39 is 11.4 Å². The molecule has 0 radical (unpaired) electrons. The second kappa shape index (κ2) is 3.34. The molecule has 1 aromatic heterocycles. The van der Waals surface area contributed by atoms with Crippen LogP contribution in [0.4, 0.5) is 0 Å². The summed E-state index contributed by atoms with van der Waals surface area (Å²) in [5, 5.41) is 10.4. The zero-order valence-electron chi connectivity index (χ0n) is 9.49. The third-order valence-electron chi connectivity index (χ3n) is 3.55. The first-order chi connectivity index (χ1) is 8.13. The van der Waals surface area contributed by atoms with Crippen LogP contribution in [-0.2, 0) is 14.9 Å². The standard InChI is InChI=1S/C13H13NO3/c1-8-5-14-11-3-2-9(4-10(8)11)13(12(15)16)6-17-7-13/h2-5,14H,6-7H2,1H3,(H,15,16). The third kappa shape index (κ3) is 1.31. The Morgan fingerprint density at radius 2 is 2.24 bits per heavy atom. The van der Waals surface area contributed by atoms with Crippen LogP contribution in [0.5, 0.6) is 0 Å². The van der Waals surface area contributed by atoms with E-state index in [4.69, 9.17) is 4.74 Å². The fourth-order valence-electron chi connectivity index (χ4n) is 2.28. The number of hydrogen-bond donors (Lipinski definition) is 2. The predicted molar refractivity (Wildman–Crippen MR) is 63.2 cm³/mol. The highest BCUT2D eigenvalue weighted by Crippen LogP contribution is 2.34. The van der Waals surface area contributed by atoms with Gasteiger partial charge in [-0.1, -0.05) is 6.07 Å². The van der Waals surface area contributed by atoms with E-state index in [0.29, 0.717) is 0 Å². The summed E-state index contributed by atoms with van der Waals surface area (Å²) in [7, 11) is 0. The van der Waals surface area contributed by atoms with Crippen molar-refractivity contribution in [3.05, 3.63) is 35.5 Å². The first-order valence-corrected chi connectivity index (χ1v) is 5.53. The van der Waals surface area contributed by atoms with Crippen LogP contribution in [0.25, 0.3) is 10.9 Å². The molecule has 0 spiro atoms. The molecule has 1 aromatic carbocycles. The largest absolute Gasteiger partial charge is 0.480 e. The summed E-state index contributed by atoms with van der Waals surface area (Å²) in [6.45, 7) is 2.53. The summed E-state index contributed by atoms with van der Waals surface area (Å²) in [6.07, 6.45) is 1.93. The molecule has 1 fully saturated rings. The van der Waals surface area contributed by atoms with Gasteiger partial charge in [0.25, 0.3) is 0 Å². The molecule has 1 saturated heterocycles. The van der Waals surface area contributed by atoms with Crippen molar-refractivity contribution < 1.29 is 14.6 Å². The molecule has 88 valence electrons. The van der Waals surface area contributed by atoms with Gasteiger partial charge in [-0.3, -0.25) is 4.79 Å². The highest BCUT2D eigenvalue weighted by Gasteiger charge is 2.47. The van der Waals surface area contributed by atoms with Crippen molar-refractivity contribution in [3.8, 4) is 0 Å². The number of rotatable bonds is 2. The van der Waals surface area contributed by atoms with Gasteiger partial charge in [-0.25, -0.2) is 0 Å². The lowest BCUT2D eigenvalue weighted by Gasteiger charge is -2.37. The van der Waals surface area contributed by atoms with E-state index in [1.54, 1.807) is 0 Å². The van der Waals surface area contributed by atoms with Crippen molar-refractivity contribution in [1.82, 2.24) is 4.98 Å². The number of benzene rings is 1. The first kappa shape index (κ1) is 10.4. The van der Waals surface area contributed by atoms with E-state index in [9.17, 15) is 9.90 Å². The van der Waals surface area contributed by atoms with Gasteiger partial charge in [0, 0.05) is 17.1 Å². The van der Waals surface area contributed by atoms with Crippen molar-refractivity contribution in [2.24, 2.45) is 0 Å². The minimum absolute atomic E-state index is 0.261. The van der Waals surface area contributed by atoms with E-state index in [1.165, 1.54) is 0 Å². The number of aromatic nitrogens is 1. The second-order valence-electron chi connectivity index (χ2n) is 4.61. The minimum Gasteiger partial charge on any atom is -0.480 e. The van der Waals surface area contributed by atoms with Crippen LogP contribution in [0, 0.1) is 6.92 Å². The van der Waals surface area contributed by atoms with Crippen molar-refractivity contribution in [2.75, 3.05) is 13.2 Å². The van der Waals surface area contributed by atoms with Crippen molar-refractivity contribution in [2.45, 2.75) is 12.3 Å². The maximum Gasteiger partial charge on any atom is 0.318 e. The van der Waals surface area contributed by atoms with Gasteiger partial charge in [0.1, 0.15) is 5.41 Å². The molecule has 1 aliphatic rings. The Kier molecular flexibility index (Phi) is 2.03. The Balaban J connectivity index is 2.17. The highest BCUT2D eigenvalue weighted by atomic mass is 16.5. The van der Waals surface area contributed by atoms with Gasteiger partial charge in [0.05, 0.1) is 13.2 Å². The molecule has 2 heterocycles. The molecule has 4 nitrogen and oxygen atoms in total. The molecule has 0 unspecified atom stereocenters. The van der Waals surface area contributed by atoms with Crippen LogP contribution in [0.2, 0.25) is 0 Å². The van der Waals surface area contributed by atoms with Crippen LogP contribution in [0.1, 0.15) is 11.1 Å². The number of aryl methyl sites for hydroxylation is 1. The van der Waals surface area contributed by atoms with Crippen molar-refractivity contribution in [1.29, 1.82) is 0 Å². The average Bonchev–Trinajstić information content (AvgIpc) is 2.58. The number of H-pyrrole nitrogens is 1. The van der Waals surface area contributed by atoms with Gasteiger partial charge in [-0.15, -0.1) is 0 Å². The molecular formula is C13H13NO3. The third-order valence-corrected chi connectivity index (χ3v) is 3.55. The van der Waals surface area contributed by atoms with Crippen LogP contribution in [0.15, 0.2) is 24.4 Å². The Morgan fingerprint density at radius 3 is 2.82 bits per heavy atom. The Labute approximate surface area is 98.2 Å². The molecular weight excluding hydrogens is 218 g/mol. The van der Waals surface area contributed by atoms with E-state index in [1.807, 2.05) is 31.3 Å². The molecule has 0 amide bonds. The van der Waals surface area contributed by atoms with Crippen LogP contribution in [-0.4, -0.2) is 29.3 Å². The fourth-order valence-corrected chi connectivity index (χ4v) is 2.28. The van der Waals surface area contributed by atoms with E-state index >= 15 is 0 Å². The molecule has 0 aliphatic carbocycles. The molecule has 0 atom stereocenters. The van der Waals surface area contributed by atoms with Gasteiger partial charge < -0.3 is 14.8 Å². The van der Waals surface area contributed by atoms with Gasteiger partial charge in [-0.05, 0) is 30.2 Å². The number of fused-ring (bicyclic) bond motifs is 1. The van der Waals surface area contributed by atoms with Gasteiger partial charge >= 0.3 is 5.97 Å². The lowest BCUT2D eigenvalue weighted by Crippen LogP contribution is -2.53. The molecule has 3 rings (SSSR count). The summed E-state index contributed by atoms with van der Waals surface area (Å²) in [5.74, 6) is -0.809. The van der Waals surface area contributed by atoms with Gasteiger partial charge in [-0.2, -0.15) is 0 Å². The molecule has 2 aromatic rings. The van der Waals surface area contributed by atoms with Crippen LogP contribution in [0.3, 0.4) is 0 Å². The van der Waals surface area contributed by atoms with Crippen LogP contribution < -0.4 is 0 Å². The SMILES string of the molecule is Cc1c[nH]c2ccc(C3(C(=O)O)COC3)cc12. The highest BCUT2D eigenvalue weighted by molar-refractivity contribution is 5.88. The van der Waals surface area contributed by atoms with Gasteiger partial charge in [0.15, 0.2) is 0 Å². The number of carbonyl (C=O) groups is 1. The lowest BCUT2D eigenvalue weighted by molar-refractivity contribution is -0.163. The quantitative estimate of drug-likeness (QED) is 0.828. The molecule has 0 bridgehead atoms. The number of carboxylic acids is 1. The molecule has 0 saturated carbocycles. The van der Waals surface area contributed by atoms with Crippen molar-refractivity contribution in [3.63, 3.8) is 0 Å². The molecule has 17 heavy (non-hydrogen) atoms. The predicted octanol–water partition coefficient (Wildman–Crippen LogP) is 1.83. The normalized spacial score (nSPS) is 17.9. The number of carboxylic acid groups (broad SMARTS) is 1. The number of aromatic amines is 1. The Bertz CT molecular complexity index is 596. The summed E-state index contributed by atoms with van der Waals surface area (Å²) >= 11 is 0. The summed E-state index contributed by atoms with van der Waals surface area (Å²) in [6, 6.07) is 5.76. The Hall–Kier alpha value is -1.81. The average molecular weight is 231 g/mol. The van der Waals surface area contributed by atoms with E-state index in [0.717, 1.165) is 22.0 Å². The van der Waals surface area contributed by atoms with E-state index in [-0.39, 0.29) is 13.2 Å². The number of aliphatic carboxylic acids is 1. The zero-order valence-corrected chi connectivity index (χ0v) is 9.49. The molecule has 4 heteroatoms. The Morgan fingerprint density at radius 1 is 1.47 bits per heavy atom. The van der Waals surface area contributed by atoms with Gasteiger partial charge in [0.2, 0.25) is 0 Å². The fraction of sp³-hybridized carbons (Fsp3) is 0.308. The maximum atomic E-state index is 11.4. The summed E-state index contributed by atoms with van der Waals surface area (Å²) < 4.78 is 5.09. The molecule has 1 aliphatic heterocycles. The number of ether oxygens (including phenoxy) is 1. The first-order valence-electron chi connectivity index (χ1n) is 5.53. The number of hydrogen-bond acceptors (Lipinski definition) is 2. The smallest absolute Gasteiger partial charge is 0.318 e. The molecule has 2 N–H and O–H groups in total. The maximum absolute atomic E-state index is 11.4. The zero-order chi connectivity index (χ0) is 12.0. The lowest BCUT2D eigenvalue weighted by atomic mass is 9.78. The summed E-state index contributed by atoms with van der Waals surface area (Å²) in [4.78, 5) is 14.5. The second-order valence-corrected chi connectivity index (χ2v) is 4.61. The van der Waals surface area contributed by atoms with Crippen LogP contribution >= 0.6 is 0 Å². The minimum atomic E-state index is -0.849. The number of nitrogens with one attached hydrogen (secondary N) is 1.